The topological polar surface area (TPSA) is 82.0 Å². The van der Waals surface area contributed by atoms with Crippen LogP contribution in [0.4, 0.5) is 5.69 Å². The van der Waals surface area contributed by atoms with Gasteiger partial charge in [0.1, 0.15) is 6.07 Å². The van der Waals surface area contributed by atoms with Crippen molar-refractivity contribution >= 4 is 40.4 Å². The number of hydrogen-bond donors (Lipinski definition) is 2. The second-order valence-electron chi connectivity index (χ2n) is 4.05. The lowest BCUT2D eigenvalue weighted by Crippen LogP contribution is -2.32. The molecule has 2 amide bonds. The minimum absolute atomic E-state index is 0.154. The van der Waals surface area contributed by atoms with Crippen molar-refractivity contribution in [2.24, 2.45) is 0 Å². The predicted octanol–water partition coefficient (Wildman–Crippen LogP) is 2.64. The Hall–Kier alpha value is -2.36. The molecule has 0 aliphatic heterocycles. The lowest BCUT2D eigenvalue weighted by molar-refractivity contribution is -0.115. The van der Waals surface area contributed by atoms with Crippen molar-refractivity contribution < 1.29 is 9.59 Å². The Morgan fingerprint density at radius 2 is 2.14 bits per heavy atom. The van der Waals surface area contributed by atoms with E-state index in [1.807, 2.05) is 6.07 Å². The number of nitriles is 1. The number of amides is 2. The van der Waals surface area contributed by atoms with E-state index in [9.17, 15) is 9.59 Å². The number of thiophene rings is 1. The van der Waals surface area contributed by atoms with Crippen molar-refractivity contribution in [3.8, 4) is 6.07 Å². The van der Waals surface area contributed by atoms with Gasteiger partial charge >= 0.3 is 0 Å². The summed E-state index contributed by atoms with van der Waals surface area (Å²) in [5.74, 6) is -0.690. The predicted molar refractivity (Wildman–Crippen MR) is 81.4 cm³/mol. The van der Waals surface area contributed by atoms with E-state index in [1.54, 1.807) is 22.9 Å². The van der Waals surface area contributed by atoms with Crippen molar-refractivity contribution in [2.45, 2.75) is 0 Å². The number of rotatable bonds is 4. The molecule has 5 nitrogen and oxygen atoms in total. The molecule has 0 aliphatic rings. The van der Waals surface area contributed by atoms with Gasteiger partial charge in [-0.15, -0.1) is 0 Å². The van der Waals surface area contributed by atoms with E-state index in [0.29, 0.717) is 16.3 Å². The van der Waals surface area contributed by atoms with Crippen molar-refractivity contribution in [2.75, 3.05) is 11.9 Å². The molecule has 1 heterocycles. The van der Waals surface area contributed by atoms with Gasteiger partial charge in [-0.1, -0.05) is 11.6 Å². The molecule has 0 saturated carbocycles. The summed E-state index contributed by atoms with van der Waals surface area (Å²) in [6.45, 7) is -0.154. The van der Waals surface area contributed by atoms with Gasteiger partial charge in [-0.25, -0.2) is 0 Å². The number of carbonyl (C=O) groups excluding carboxylic acids is 2. The first-order chi connectivity index (χ1) is 10.1. The quantitative estimate of drug-likeness (QED) is 0.909. The van der Waals surface area contributed by atoms with Crippen LogP contribution in [0, 0.1) is 11.3 Å². The Bertz CT molecular complexity index is 708. The summed E-state index contributed by atoms with van der Waals surface area (Å²) in [5.41, 5.74) is 1.24. The first-order valence-corrected chi connectivity index (χ1v) is 7.22. The molecule has 1 aromatic carbocycles. The van der Waals surface area contributed by atoms with Gasteiger partial charge in [0, 0.05) is 16.6 Å². The Kier molecular flexibility index (Phi) is 4.93. The SMILES string of the molecule is N#Cc1cc(NC(=O)CNC(=O)c2ccsc2)ccc1Cl. The molecule has 0 fully saturated rings. The molecule has 0 atom stereocenters. The maximum atomic E-state index is 11.7. The summed E-state index contributed by atoms with van der Waals surface area (Å²) in [6.07, 6.45) is 0. The van der Waals surface area contributed by atoms with Crippen LogP contribution < -0.4 is 10.6 Å². The van der Waals surface area contributed by atoms with Crippen molar-refractivity contribution in [3.63, 3.8) is 0 Å². The van der Waals surface area contributed by atoms with E-state index in [4.69, 9.17) is 16.9 Å². The van der Waals surface area contributed by atoms with Crippen LogP contribution in [-0.2, 0) is 4.79 Å². The van der Waals surface area contributed by atoms with E-state index in [-0.39, 0.29) is 23.9 Å². The molecule has 0 spiro atoms. The van der Waals surface area contributed by atoms with Crippen LogP contribution >= 0.6 is 22.9 Å². The molecule has 2 rings (SSSR count). The van der Waals surface area contributed by atoms with Gasteiger partial charge in [0.25, 0.3) is 5.91 Å². The fourth-order valence-corrected chi connectivity index (χ4v) is 2.35. The molecule has 2 N–H and O–H groups in total. The van der Waals surface area contributed by atoms with Crippen molar-refractivity contribution in [1.29, 1.82) is 5.26 Å². The fourth-order valence-electron chi connectivity index (χ4n) is 1.55. The Balaban J connectivity index is 1.90. The average Bonchev–Trinajstić information content (AvgIpc) is 3.01. The number of carbonyl (C=O) groups is 2. The van der Waals surface area contributed by atoms with E-state index < -0.39 is 0 Å². The van der Waals surface area contributed by atoms with Gasteiger partial charge in [-0.3, -0.25) is 9.59 Å². The summed E-state index contributed by atoms with van der Waals surface area (Å²) in [5, 5.41) is 17.8. The van der Waals surface area contributed by atoms with Crippen LogP contribution in [0.2, 0.25) is 5.02 Å². The van der Waals surface area contributed by atoms with Crippen molar-refractivity contribution in [3.05, 3.63) is 51.2 Å². The zero-order valence-corrected chi connectivity index (χ0v) is 12.3. The molecule has 106 valence electrons. The molecular formula is C14H10ClN3O2S. The normalized spacial score (nSPS) is 9.71. The summed E-state index contributed by atoms with van der Waals surface area (Å²) in [6, 6.07) is 8.19. The van der Waals surface area contributed by atoms with Crippen LogP contribution in [0.5, 0.6) is 0 Å². The summed E-state index contributed by atoms with van der Waals surface area (Å²) in [4.78, 5) is 23.4. The maximum Gasteiger partial charge on any atom is 0.252 e. The largest absolute Gasteiger partial charge is 0.343 e. The number of nitrogens with zero attached hydrogens (tertiary/aromatic N) is 1. The van der Waals surface area contributed by atoms with Gasteiger partial charge in [-0.2, -0.15) is 16.6 Å². The molecular weight excluding hydrogens is 310 g/mol. The molecule has 0 aliphatic carbocycles. The van der Waals surface area contributed by atoms with E-state index in [1.165, 1.54) is 23.5 Å². The lowest BCUT2D eigenvalue weighted by atomic mass is 10.2. The van der Waals surface area contributed by atoms with Crippen molar-refractivity contribution in [1.82, 2.24) is 5.32 Å². The number of nitrogens with one attached hydrogen (secondary N) is 2. The maximum absolute atomic E-state index is 11.7. The highest BCUT2D eigenvalue weighted by atomic mass is 35.5. The molecule has 2 aromatic rings. The minimum atomic E-state index is -0.384. The first-order valence-electron chi connectivity index (χ1n) is 5.90. The van der Waals surface area contributed by atoms with Crippen LogP contribution in [0.3, 0.4) is 0 Å². The smallest absolute Gasteiger partial charge is 0.252 e. The highest BCUT2D eigenvalue weighted by molar-refractivity contribution is 7.08. The summed E-state index contributed by atoms with van der Waals surface area (Å²) < 4.78 is 0. The van der Waals surface area contributed by atoms with Crippen LogP contribution in [-0.4, -0.2) is 18.4 Å². The summed E-state index contributed by atoms with van der Waals surface area (Å²) in [7, 11) is 0. The van der Waals surface area contributed by atoms with Crippen LogP contribution in [0.1, 0.15) is 15.9 Å². The van der Waals surface area contributed by atoms with E-state index >= 15 is 0 Å². The van der Waals surface area contributed by atoms with Gasteiger partial charge < -0.3 is 10.6 Å². The molecule has 0 saturated heterocycles. The summed E-state index contributed by atoms with van der Waals surface area (Å²) >= 11 is 7.21. The zero-order valence-electron chi connectivity index (χ0n) is 10.7. The minimum Gasteiger partial charge on any atom is -0.343 e. The lowest BCUT2D eigenvalue weighted by Gasteiger charge is -2.07. The van der Waals surface area contributed by atoms with Crippen LogP contribution in [0.15, 0.2) is 35.0 Å². The van der Waals surface area contributed by atoms with Gasteiger partial charge in [0.05, 0.1) is 17.1 Å². The zero-order chi connectivity index (χ0) is 15.2. The average molecular weight is 320 g/mol. The Morgan fingerprint density at radius 3 is 2.81 bits per heavy atom. The fraction of sp³-hybridized carbons (Fsp3) is 0.0714. The highest BCUT2D eigenvalue weighted by Gasteiger charge is 2.09. The molecule has 1 aromatic heterocycles. The molecule has 21 heavy (non-hydrogen) atoms. The molecule has 0 unspecified atom stereocenters. The van der Waals surface area contributed by atoms with E-state index in [0.717, 1.165) is 0 Å². The highest BCUT2D eigenvalue weighted by Crippen LogP contribution is 2.19. The number of hydrogen-bond acceptors (Lipinski definition) is 4. The van der Waals surface area contributed by atoms with Gasteiger partial charge in [0.2, 0.25) is 5.91 Å². The number of halogens is 1. The second-order valence-corrected chi connectivity index (χ2v) is 5.24. The third kappa shape index (κ3) is 4.05. The Morgan fingerprint density at radius 1 is 1.33 bits per heavy atom. The van der Waals surface area contributed by atoms with Crippen LogP contribution in [0.25, 0.3) is 0 Å². The first kappa shape index (κ1) is 15.0. The standard InChI is InChI=1S/C14H10ClN3O2S/c15-12-2-1-11(5-10(12)6-16)18-13(19)7-17-14(20)9-3-4-21-8-9/h1-5,8H,7H2,(H,17,20)(H,18,19). The number of benzene rings is 1. The molecule has 7 heteroatoms. The Labute approximate surface area is 130 Å². The van der Waals surface area contributed by atoms with Gasteiger partial charge in [0.15, 0.2) is 0 Å². The van der Waals surface area contributed by atoms with E-state index in [2.05, 4.69) is 10.6 Å². The number of anilines is 1. The monoisotopic (exact) mass is 319 g/mol. The molecule has 0 radical (unpaired) electrons. The van der Waals surface area contributed by atoms with Gasteiger partial charge in [-0.05, 0) is 29.6 Å². The third-order valence-corrected chi connectivity index (χ3v) is 3.58. The molecule has 0 bridgehead atoms. The second kappa shape index (κ2) is 6.88. The third-order valence-electron chi connectivity index (χ3n) is 2.56.